The van der Waals surface area contributed by atoms with Crippen molar-refractivity contribution in [1.82, 2.24) is 0 Å². The molecule has 0 aliphatic heterocycles. The SMILES string of the molecule is CC(=O)OCCCC1(CC2CC2)CCC(=O)CC1. The lowest BCUT2D eigenvalue weighted by molar-refractivity contribution is -0.141. The number of rotatable bonds is 6. The van der Waals surface area contributed by atoms with E-state index in [-0.39, 0.29) is 5.97 Å². The first-order chi connectivity index (χ1) is 8.60. The molecule has 0 amide bonds. The molecule has 0 radical (unpaired) electrons. The third-order valence-corrected chi connectivity index (χ3v) is 4.44. The summed E-state index contributed by atoms with van der Waals surface area (Å²) in [6.07, 6.45) is 9.75. The molecule has 0 aromatic heterocycles. The van der Waals surface area contributed by atoms with Gasteiger partial charge in [0.05, 0.1) is 6.61 Å². The molecule has 0 aromatic carbocycles. The molecule has 18 heavy (non-hydrogen) atoms. The monoisotopic (exact) mass is 252 g/mol. The molecule has 0 atom stereocenters. The van der Waals surface area contributed by atoms with Gasteiger partial charge in [-0.3, -0.25) is 9.59 Å². The third kappa shape index (κ3) is 4.11. The first kappa shape index (κ1) is 13.6. The Morgan fingerprint density at radius 1 is 1.33 bits per heavy atom. The second-order valence-corrected chi connectivity index (χ2v) is 6.13. The number of Topliss-reactive ketones (excluding diaryl/α,β-unsaturated/α-hetero) is 1. The van der Waals surface area contributed by atoms with Crippen molar-refractivity contribution in [3.63, 3.8) is 0 Å². The molecular formula is C15H24O3. The fraction of sp³-hybridized carbons (Fsp3) is 0.867. The van der Waals surface area contributed by atoms with Crippen LogP contribution in [0.3, 0.4) is 0 Å². The van der Waals surface area contributed by atoms with E-state index in [4.69, 9.17) is 4.74 Å². The number of ether oxygens (including phenoxy) is 1. The van der Waals surface area contributed by atoms with Crippen LogP contribution in [0, 0.1) is 11.3 Å². The zero-order chi connectivity index (χ0) is 13.0. The van der Waals surface area contributed by atoms with E-state index in [1.807, 2.05) is 0 Å². The molecule has 3 nitrogen and oxygen atoms in total. The van der Waals surface area contributed by atoms with Crippen LogP contribution in [0.4, 0.5) is 0 Å². The van der Waals surface area contributed by atoms with E-state index >= 15 is 0 Å². The number of ketones is 1. The summed E-state index contributed by atoms with van der Waals surface area (Å²) in [6, 6.07) is 0. The lowest BCUT2D eigenvalue weighted by Crippen LogP contribution is -2.28. The number of esters is 1. The molecule has 102 valence electrons. The maximum atomic E-state index is 11.4. The van der Waals surface area contributed by atoms with Gasteiger partial charge in [-0.15, -0.1) is 0 Å². The van der Waals surface area contributed by atoms with Crippen LogP contribution in [0.5, 0.6) is 0 Å². The third-order valence-electron chi connectivity index (χ3n) is 4.44. The zero-order valence-corrected chi connectivity index (χ0v) is 11.4. The highest BCUT2D eigenvalue weighted by atomic mass is 16.5. The molecule has 2 aliphatic rings. The van der Waals surface area contributed by atoms with Crippen LogP contribution >= 0.6 is 0 Å². The average Bonchev–Trinajstić information content (AvgIpc) is 3.12. The molecule has 2 fully saturated rings. The summed E-state index contributed by atoms with van der Waals surface area (Å²) in [6.45, 7) is 1.99. The maximum absolute atomic E-state index is 11.4. The molecule has 2 aliphatic carbocycles. The highest BCUT2D eigenvalue weighted by molar-refractivity contribution is 5.79. The first-order valence-electron chi connectivity index (χ1n) is 7.25. The fourth-order valence-corrected chi connectivity index (χ4v) is 3.21. The van der Waals surface area contributed by atoms with Crippen molar-refractivity contribution in [2.24, 2.45) is 11.3 Å². The molecular weight excluding hydrogens is 228 g/mol. The highest BCUT2D eigenvalue weighted by Crippen LogP contribution is 2.49. The van der Waals surface area contributed by atoms with Crippen molar-refractivity contribution in [3.05, 3.63) is 0 Å². The minimum absolute atomic E-state index is 0.190. The summed E-state index contributed by atoms with van der Waals surface area (Å²) < 4.78 is 5.01. The van der Waals surface area contributed by atoms with Gasteiger partial charge < -0.3 is 4.74 Å². The van der Waals surface area contributed by atoms with Crippen molar-refractivity contribution < 1.29 is 14.3 Å². The van der Waals surface area contributed by atoms with E-state index in [1.54, 1.807) is 0 Å². The van der Waals surface area contributed by atoms with E-state index in [2.05, 4.69) is 0 Å². The standard InChI is InChI=1S/C15H24O3/c1-12(16)18-10-2-7-15(11-13-3-4-13)8-5-14(17)6-9-15/h13H,2-11H2,1H3. The van der Waals surface area contributed by atoms with Gasteiger partial charge in [0, 0.05) is 19.8 Å². The Labute approximate surface area is 109 Å². The molecule has 0 saturated heterocycles. The predicted molar refractivity (Wildman–Crippen MR) is 69.1 cm³/mol. The topological polar surface area (TPSA) is 43.4 Å². The average molecular weight is 252 g/mol. The normalized spacial score (nSPS) is 22.8. The van der Waals surface area contributed by atoms with E-state index in [1.165, 1.54) is 26.2 Å². The molecule has 0 bridgehead atoms. The quantitative estimate of drug-likeness (QED) is 0.538. The van der Waals surface area contributed by atoms with Crippen LogP contribution < -0.4 is 0 Å². The highest BCUT2D eigenvalue weighted by Gasteiger charge is 2.39. The van der Waals surface area contributed by atoms with Crippen molar-refractivity contribution in [2.45, 2.75) is 64.7 Å². The van der Waals surface area contributed by atoms with Crippen molar-refractivity contribution in [1.29, 1.82) is 0 Å². The lowest BCUT2D eigenvalue weighted by atomic mass is 9.68. The molecule has 2 rings (SSSR count). The summed E-state index contributed by atoms with van der Waals surface area (Å²) in [5.74, 6) is 1.15. The van der Waals surface area contributed by atoms with Gasteiger partial charge in [-0.2, -0.15) is 0 Å². The van der Waals surface area contributed by atoms with Crippen LogP contribution in [0.25, 0.3) is 0 Å². The van der Waals surface area contributed by atoms with Gasteiger partial charge in [-0.25, -0.2) is 0 Å². The van der Waals surface area contributed by atoms with Gasteiger partial charge in [0.2, 0.25) is 0 Å². The van der Waals surface area contributed by atoms with Crippen LogP contribution in [-0.2, 0) is 14.3 Å². The Morgan fingerprint density at radius 3 is 2.56 bits per heavy atom. The fourth-order valence-electron chi connectivity index (χ4n) is 3.21. The van der Waals surface area contributed by atoms with Crippen LogP contribution in [-0.4, -0.2) is 18.4 Å². The zero-order valence-electron chi connectivity index (χ0n) is 11.4. The van der Waals surface area contributed by atoms with Gasteiger partial charge in [-0.05, 0) is 43.4 Å². The Balaban J connectivity index is 1.80. The van der Waals surface area contributed by atoms with E-state index in [0.717, 1.165) is 44.4 Å². The molecule has 3 heteroatoms. The Hall–Kier alpha value is -0.860. The maximum Gasteiger partial charge on any atom is 0.302 e. The predicted octanol–water partition coefficient (Wildman–Crippen LogP) is 3.26. The Kier molecular flexibility index (Phi) is 4.41. The first-order valence-corrected chi connectivity index (χ1v) is 7.25. The molecule has 0 unspecified atom stereocenters. The van der Waals surface area contributed by atoms with Gasteiger partial charge in [-0.1, -0.05) is 12.8 Å². The van der Waals surface area contributed by atoms with Gasteiger partial charge in [0.15, 0.2) is 0 Å². The summed E-state index contributed by atoms with van der Waals surface area (Å²) in [4.78, 5) is 22.1. The molecule has 0 heterocycles. The van der Waals surface area contributed by atoms with Crippen molar-refractivity contribution in [3.8, 4) is 0 Å². The minimum atomic E-state index is -0.190. The Morgan fingerprint density at radius 2 is 2.00 bits per heavy atom. The van der Waals surface area contributed by atoms with Gasteiger partial charge in [0.25, 0.3) is 0 Å². The van der Waals surface area contributed by atoms with Gasteiger partial charge >= 0.3 is 5.97 Å². The van der Waals surface area contributed by atoms with Crippen LogP contribution in [0.1, 0.15) is 64.7 Å². The summed E-state index contributed by atoms with van der Waals surface area (Å²) in [7, 11) is 0. The molecule has 2 saturated carbocycles. The van der Waals surface area contributed by atoms with E-state index in [9.17, 15) is 9.59 Å². The second kappa shape index (κ2) is 5.85. The molecule has 0 aromatic rings. The Bertz CT molecular complexity index is 308. The van der Waals surface area contributed by atoms with Gasteiger partial charge in [0.1, 0.15) is 5.78 Å². The molecule has 0 N–H and O–H groups in total. The lowest BCUT2D eigenvalue weighted by Gasteiger charge is -2.37. The number of hydrogen-bond acceptors (Lipinski definition) is 3. The minimum Gasteiger partial charge on any atom is -0.466 e. The summed E-state index contributed by atoms with van der Waals surface area (Å²) >= 11 is 0. The number of hydrogen-bond donors (Lipinski definition) is 0. The number of carbonyl (C=O) groups is 2. The molecule has 0 spiro atoms. The van der Waals surface area contributed by atoms with Crippen LogP contribution in [0.15, 0.2) is 0 Å². The van der Waals surface area contributed by atoms with Crippen molar-refractivity contribution in [2.75, 3.05) is 6.61 Å². The van der Waals surface area contributed by atoms with E-state index in [0.29, 0.717) is 17.8 Å². The smallest absolute Gasteiger partial charge is 0.302 e. The largest absolute Gasteiger partial charge is 0.466 e. The number of carbonyl (C=O) groups excluding carboxylic acids is 2. The second-order valence-electron chi connectivity index (χ2n) is 6.13. The van der Waals surface area contributed by atoms with Crippen LogP contribution in [0.2, 0.25) is 0 Å². The summed E-state index contributed by atoms with van der Waals surface area (Å²) in [5.41, 5.74) is 0.370. The summed E-state index contributed by atoms with van der Waals surface area (Å²) in [5, 5.41) is 0. The van der Waals surface area contributed by atoms with E-state index < -0.39 is 0 Å². The van der Waals surface area contributed by atoms with Crippen molar-refractivity contribution >= 4 is 11.8 Å².